The van der Waals surface area contributed by atoms with Crippen LogP contribution in [0.2, 0.25) is 0 Å². The van der Waals surface area contributed by atoms with Crippen molar-refractivity contribution in [2.24, 2.45) is 5.92 Å². The van der Waals surface area contributed by atoms with Crippen LogP contribution >= 0.6 is 0 Å². The molecule has 7 heteroatoms. The van der Waals surface area contributed by atoms with Gasteiger partial charge in [0.15, 0.2) is 0 Å². The SMILES string of the molecule is COCc1ccccc1S(=O)(=O)N[C@H](CC(C)C)C(=O)O. The molecule has 0 aromatic heterocycles. The Kier molecular flexibility index (Phi) is 6.32. The predicted molar refractivity (Wildman–Crippen MR) is 78.4 cm³/mol. The summed E-state index contributed by atoms with van der Waals surface area (Å²) >= 11 is 0. The lowest BCUT2D eigenvalue weighted by Gasteiger charge is -2.18. The van der Waals surface area contributed by atoms with Crippen molar-refractivity contribution in [2.45, 2.75) is 37.8 Å². The first-order valence-corrected chi connectivity index (χ1v) is 8.08. The number of ether oxygens (including phenoxy) is 1. The molecule has 1 atom stereocenters. The van der Waals surface area contributed by atoms with Crippen molar-refractivity contribution < 1.29 is 23.1 Å². The van der Waals surface area contributed by atoms with Crippen molar-refractivity contribution in [3.63, 3.8) is 0 Å². The van der Waals surface area contributed by atoms with Crippen LogP contribution in [0.4, 0.5) is 0 Å². The highest BCUT2D eigenvalue weighted by molar-refractivity contribution is 7.89. The average Bonchev–Trinajstić information content (AvgIpc) is 2.38. The minimum atomic E-state index is -3.91. The van der Waals surface area contributed by atoms with E-state index in [0.717, 1.165) is 0 Å². The number of aliphatic carboxylic acids is 1. The number of sulfonamides is 1. The molecule has 118 valence electrons. The molecular weight excluding hydrogens is 294 g/mol. The summed E-state index contributed by atoms with van der Waals surface area (Å²) < 4.78 is 32.0. The van der Waals surface area contributed by atoms with E-state index in [1.165, 1.54) is 13.2 Å². The molecule has 1 aromatic rings. The largest absolute Gasteiger partial charge is 0.480 e. The van der Waals surface area contributed by atoms with E-state index in [2.05, 4.69) is 4.72 Å². The number of carboxylic acid groups (broad SMARTS) is 1. The first-order valence-electron chi connectivity index (χ1n) is 6.60. The number of nitrogens with one attached hydrogen (secondary N) is 1. The molecule has 0 aliphatic carbocycles. The molecule has 0 aliphatic heterocycles. The topological polar surface area (TPSA) is 92.7 Å². The molecule has 0 fully saturated rings. The van der Waals surface area contributed by atoms with Crippen LogP contribution in [0.25, 0.3) is 0 Å². The average molecular weight is 315 g/mol. The molecule has 0 aliphatic rings. The van der Waals surface area contributed by atoms with Gasteiger partial charge in [-0.15, -0.1) is 0 Å². The van der Waals surface area contributed by atoms with Crippen LogP contribution in [0.3, 0.4) is 0 Å². The van der Waals surface area contributed by atoms with Crippen LogP contribution < -0.4 is 4.72 Å². The van der Waals surface area contributed by atoms with Crippen molar-refractivity contribution >= 4 is 16.0 Å². The summed E-state index contributed by atoms with van der Waals surface area (Å²) in [6, 6.07) is 5.22. The number of rotatable bonds is 8. The lowest BCUT2D eigenvalue weighted by molar-refractivity contribution is -0.139. The van der Waals surface area contributed by atoms with Gasteiger partial charge in [0.1, 0.15) is 6.04 Å². The molecule has 0 bridgehead atoms. The van der Waals surface area contributed by atoms with Gasteiger partial charge in [-0.3, -0.25) is 4.79 Å². The maximum Gasteiger partial charge on any atom is 0.321 e. The Bertz CT molecular complexity index is 583. The Labute approximate surface area is 125 Å². The van der Waals surface area contributed by atoms with Gasteiger partial charge in [0, 0.05) is 7.11 Å². The van der Waals surface area contributed by atoms with Crippen molar-refractivity contribution in [3.05, 3.63) is 29.8 Å². The Morgan fingerprint density at radius 2 is 1.95 bits per heavy atom. The Hall–Kier alpha value is -1.44. The smallest absolute Gasteiger partial charge is 0.321 e. The molecule has 2 N–H and O–H groups in total. The molecule has 0 amide bonds. The summed E-state index contributed by atoms with van der Waals surface area (Å²) in [6.45, 7) is 3.81. The highest BCUT2D eigenvalue weighted by atomic mass is 32.2. The molecule has 1 aromatic carbocycles. The summed E-state index contributed by atoms with van der Waals surface area (Å²) in [7, 11) is -2.45. The van der Waals surface area contributed by atoms with E-state index < -0.39 is 22.0 Å². The van der Waals surface area contributed by atoms with Gasteiger partial charge >= 0.3 is 5.97 Å². The van der Waals surface area contributed by atoms with Crippen molar-refractivity contribution in [2.75, 3.05) is 7.11 Å². The van der Waals surface area contributed by atoms with Crippen LogP contribution in [0.15, 0.2) is 29.2 Å². The fourth-order valence-corrected chi connectivity index (χ4v) is 3.39. The summed E-state index contributed by atoms with van der Waals surface area (Å²) in [5, 5.41) is 9.15. The van der Waals surface area contributed by atoms with Crippen molar-refractivity contribution in [1.82, 2.24) is 4.72 Å². The first kappa shape index (κ1) is 17.6. The molecule has 6 nitrogen and oxygen atoms in total. The molecular formula is C14H21NO5S. The van der Waals surface area contributed by atoms with E-state index >= 15 is 0 Å². The molecule has 1 rings (SSSR count). The quantitative estimate of drug-likeness (QED) is 0.760. The summed E-state index contributed by atoms with van der Waals surface area (Å²) in [6.07, 6.45) is 0.223. The number of methoxy groups -OCH3 is 1. The third-order valence-corrected chi connectivity index (χ3v) is 4.44. The van der Waals surface area contributed by atoms with E-state index in [9.17, 15) is 13.2 Å². The van der Waals surface area contributed by atoms with Crippen LogP contribution in [0.5, 0.6) is 0 Å². The first-order chi connectivity index (χ1) is 9.77. The van der Waals surface area contributed by atoms with E-state index in [1.807, 2.05) is 13.8 Å². The molecule has 0 spiro atoms. The lowest BCUT2D eigenvalue weighted by atomic mass is 10.1. The molecule has 0 saturated carbocycles. The fourth-order valence-electron chi connectivity index (χ4n) is 1.96. The van der Waals surface area contributed by atoms with Crippen LogP contribution in [0.1, 0.15) is 25.8 Å². The number of carboxylic acids is 1. The minimum Gasteiger partial charge on any atom is -0.480 e. The van der Waals surface area contributed by atoms with Gasteiger partial charge in [-0.05, 0) is 24.0 Å². The number of hydrogen-bond acceptors (Lipinski definition) is 4. The maximum absolute atomic E-state index is 12.4. The van der Waals surface area contributed by atoms with Gasteiger partial charge in [0.25, 0.3) is 0 Å². The normalized spacial score (nSPS) is 13.3. The van der Waals surface area contributed by atoms with Gasteiger partial charge in [-0.2, -0.15) is 4.72 Å². The second-order valence-electron chi connectivity index (χ2n) is 5.18. The van der Waals surface area contributed by atoms with Crippen LogP contribution in [-0.2, 0) is 26.2 Å². The second-order valence-corrected chi connectivity index (χ2v) is 6.86. The highest BCUT2D eigenvalue weighted by Crippen LogP contribution is 2.17. The zero-order chi connectivity index (χ0) is 16.0. The molecule has 0 radical (unpaired) electrons. The van der Waals surface area contributed by atoms with E-state index in [4.69, 9.17) is 9.84 Å². The van der Waals surface area contributed by atoms with Gasteiger partial charge in [-0.1, -0.05) is 32.0 Å². The second kappa shape index (κ2) is 7.53. The molecule has 21 heavy (non-hydrogen) atoms. The van der Waals surface area contributed by atoms with E-state index in [-0.39, 0.29) is 23.8 Å². The number of hydrogen-bond donors (Lipinski definition) is 2. The predicted octanol–water partition coefficient (Wildman–Crippen LogP) is 1.61. The number of carbonyl (C=O) groups is 1. The molecule has 0 unspecified atom stereocenters. The Morgan fingerprint density at radius 3 is 2.48 bits per heavy atom. The number of benzene rings is 1. The zero-order valence-electron chi connectivity index (χ0n) is 12.4. The minimum absolute atomic E-state index is 0.0434. The molecule has 0 saturated heterocycles. The zero-order valence-corrected chi connectivity index (χ0v) is 13.2. The third-order valence-electron chi connectivity index (χ3n) is 2.86. The summed E-state index contributed by atoms with van der Waals surface area (Å²) in [5.41, 5.74) is 0.487. The molecule has 0 heterocycles. The van der Waals surface area contributed by atoms with Crippen molar-refractivity contribution in [3.8, 4) is 0 Å². The fraction of sp³-hybridized carbons (Fsp3) is 0.500. The van der Waals surface area contributed by atoms with E-state index in [1.54, 1.807) is 18.2 Å². The summed E-state index contributed by atoms with van der Waals surface area (Å²) in [5.74, 6) is -1.13. The van der Waals surface area contributed by atoms with Gasteiger partial charge in [-0.25, -0.2) is 8.42 Å². The maximum atomic E-state index is 12.4. The highest BCUT2D eigenvalue weighted by Gasteiger charge is 2.27. The van der Waals surface area contributed by atoms with Gasteiger partial charge < -0.3 is 9.84 Å². The van der Waals surface area contributed by atoms with Gasteiger partial charge in [0.2, 0.25) is 10.0 Å². The van der Waals surface area contributed by atoms with Gasteiger partial charge in [0.05, 0.1) is 11.5 Å². The summed E-state index contributed by atoms with van der Waals surface area (Å²) in [4.78, 5) is 11.2. The Balaban J connectivity index is 3.07. The van der Waals surface area contributed by atoms with E-state index in [0.29, 0.717) is 5.56 Å². The monoisotopic (exact) mass is 315 g/mol. The van der Waals surface area contributed by atoms with Crippen molar-refractivity contribution in [1.29, 1.82) is 0 Å². The van der Waals surface area contributed by atoms with Crippen LogP contribution in [-0.4, -0.2) is 32.6 Å². The standard InChI is InChI=1S/C14H21NO5S/c1-10(2)8-12(14(16)17)15-21(18,19)13-7-5-4-6-11(13)9-20-3/h4-7,10,12,15H,8-9H2,1-3H3,(H,16,17)/t12-/m1/s1. The van der Waals surface area contributed by atoms with Crippen LogP contribution in [0, 0.1) is 5.92 Å². The third kappa shape index (κ3) is 5.11. The lowest BCUT2D eigenvalue weighted by Crippen LogP contribution is -2.41. The Morgan fingerprint density at radius 1 is 1.33 bits per heavy atom.